The van der Waals surface area contributed by atoms with E-state index in [0.29, 0.717) is 42.4 Å². The van der Waals surface area contributed by atoms with Crippen LogP contribution in [0.3, 0.4) is 0 Å². The van der Waals surface area contributed by atoms with E-state index < -0.39 is 17.7 Å². The van der Waals surface area contributed by atoms with Gasteiger partial charge in [-0.2, -0.15) is 0 Å². The van der Waals surface area contributed by atoms with Gasteiger partial charge in [-0.05, 0) is 75.4 Å². The fourth-order valence-electron chi connectivity index (χ4n) is 4.29. The van der Waals surface area contributed by atoms with Crippen molar-refractivity contribution in [2.45, 2.75) is 66.0 Å². The van der Waals surface area contributed by atoms with Crippen LogP contribution in [0.25, 0.3) is 5.76 Å². The highest BCUT2D eigenvalue weighted by Crippen LogP contribution is 2.41. The van der Waals surface area contributed by atoms with E-state index in [0.717, 1.165) is 11.1 Å². The second kappa shape index (κ2) is 10.5. The van der Waals surface area contributed by atoms with Crippen LogP contribution < -0.4 is 4.74 Å². The van der Waals surface area contributed by atoms with E-state index in [-0.39, 0.29) is 23.4 Å². The maximum Gasteiger partial charge on any atom is 0.295 e. The molecule has 0 radical (unpaired) electrons. The summed E-state index contributed by atoms with van der Waals surface area (Å²) in [5, 5.41) is 11.4. The number of aliphatic hydroxyl groups is 1. The van der Waals surface area contributed by atoms with Crippen molar-refractivity contribution >= 4 is 17.4 Å². The number of aryl methyl sites for hydroxylation is 2. The zero-order chi connectivity index (χ0) is 25.2. The second-order valence-electron chi connectivity index (χ2n) is 9.28. The van der Waals surface area contributed by atoms with Gasteiger partial charge in [0.1, 0.15) is 29.1 Å². The predicted molar refractivity (Wildman–Crippen MR) is 130 cm³/mol. The molecular formula is C27H35NO6. The summed E-state index contributed by atoms with van der Waals surface area (Å²) < 4.78 is 17.0. The number of ketones is 1. The molecule has 1 atom stereocenters. The summed E-state index contributed by atoms with van der Waals surface area (Å²) in [5.41, 5.74) is 2.18. The van der Waals surface area contributed by atoms with Gasteiger partial charge in [-0.3, -0.25) is 9.59 Å². The zero-order valence-corrected chi connectivity index (χ0v) is 21.1. The molecule has 0 aliphatic carbocycles. The second-order valence-corrected chi connectivity index (χ2v) is 9.28. The molecule has 3 rings (SSSR count). The minimum atomic E-state index is -0.809. The van der Waals surface area contributed by atoms with Crippen molar-refractivity contribution < 1.29 is 28.6 Å². The van der Waals surface area contributed by atoms with E-state index in [1.165, 1.54) is 4.90 Å². The summed E-state index contributed by atoms with van der Waals surface area (Å²) in [5.74, 6) is 0.370. The lowest BCUT2D eigenvalue weighted by molar-refractivity contribution is -0.140. The number of carbonyl (C=O) groups excluding carboxylic acids is 2. The molecule has 0 bridgehead atoms. The van der Waals surface area contributed by atoms with Crippen molar-refractivity contribution in [3.63, 3.8) is 0 Å². The molecule has 184 valence electrons. The molecule has 1 saturated heterocycles. The summed E-state index contributed by atoms with van der Waals surface area (Å²) >= 11 is 0. The van der Waals surface area contributed by atoms with Crippen LogP contribution in [0.4, 0.5) is 0 Å². The van der Waals surface area contributed by atoms with Crippen LogP contribution in [0.2, 0.25) is 0 Å². The van der Waals surface area contributed by atoms with Crippen molar-refractivity contribution in [1.82, 2.24) is 4.90 Å². The zero-order valence-electron chi connectivity index (χ0n) is 21.1. The lowest BCUT2D eigenvalue weighted by Gasteiger charge is -2.24. The van der Waals surface area contributed by atoms with E-state index in [2.05, 4.69) is 0 Å². The van der Waals surface area contributed by atoms with Crippen LogP contribution >= 0.6 is 0 Å². The third-order valence-corrected chi connectivity index (χ3v) is 6.02. The number of aliphatic hydroxyl groups excluding tert-OH is 1. The fraction of sp³-hybridized carbons (Fsp3) is 0.481. The highest BCUT2D eigenvalue weighted by atomic mass is 16.5. The molecule has 1 amide bonds. The van der Waals surface area contributed by atoms with Gasteiger partial charge in [-0.1, -0.05) is 13.8 Å². The predicted octanol–water partition coefficient (Wildman–Crippen LogP) is 5.27. The van der Waals surface area contributed by atoms with Gasteiger partial charge in [-0.25, -0.2) is 0 Å². The van der Waals surface area contributed by atoms with Gasteiger partial charge in [0.15, 0.2) is 0 Å². The largest absolute Gasteiger partial charge is 0.507 e. The Morgan fingerprint density at radius 1 is 1.15 bits per heavy atom. The van der Waals surface area contributed by atoms with Crippen LogP contribution in [0.15, 0.2) is 34.3 Å². The number of methoxy groups -OCH3 is 1. The van der Waals surface area contributed by atoms with Crippen molar-refractivity contribution in [3.05, 3.63) is 58.0 Å². The van der Waals surface area contributed by atoms with Crippen molar-refractivity contribution in [3.8, 4) is 5.75 Å². The molecule has 1 aromatic heterocycles. The first-order valence-electron chi connectivity index (χ1n) is 11.7. The minimum absolute atomic E-state index is 0.0344. The van der Waals surface area contributed by atoms with Crippen molar-refractivity contribution in [2.24, 2.45) is 0 Å². The van der Waals surface area contributed by atoms with E-state index >= 15 is 0 Å². The molecule has 7 nitrogen and oxygen atoms in total. The fourth-order valence-corrected chi connectivity index (χ4v) is 4.29. The Balaban J connectivity index is 2.11. The summed E-state index contributed by atoms with van der Waals surface area (Å²) in [4.78, 5) is 27.7. The highest BCUT2D eigenvalue weighted by Gasteiger charge is 2.47. The molecular weight excluding hydrogens is 434 g/mol. The number of amides is 1. The minimum Gasteiger partial charge on any atom is -0.507 e. The number of ether oxygens (including phenoxy) is 2. The first-order chi connectivity index (χ1) is 16.1. The number of likely N-dealkylation sites (tertiary alicyclic amines) is 1. The molecule has 2 aromatic rings. The lowest BCUT2D eigenvalue weighted by Crippen LogP contribution is -2.31. The molecule has 2 heterocycles. The third kappa shape index (κ3) is 5.04. The molecule has 1 fully saturated rings. The maximum atomic E-state index is 13.2. The maximum absolute atomic E-state index is 13.2. The monoisotopic (exact) mass is 469 g/mol. The molecule has 1 aliphatic heterocycles. The SMILES string of the molecule is COc1cc(C)c(/C(O)=C2\C(=O)C(=O)N(CCCOC(C)C)C2c2ccc(C)o2)cc1C(C)C. The van der Waals surface area contributed by atoms with Crippen LogP contribution in [0, 0.1) is 13.8 Å². The Bertz CT molecular complexity index is 1090. The Hall–Kier alpha value is -3.06. The lowest BCUT2D eigenvalue weighted by atomic mass is 9.92. The molecule has 1 aromatic carbocycles. The molecule has 34 heavy (non-hydrogen) atoms. The van der Waals surface area contributed by atoms with Crippen LogP contribution in [-0.4, -0.2) is 48.1 Å². The first kappa shape index (κ1) is 25.6. The van der Waals surface area contributed by atoms with Gasteiger partial charge in [-0.15, -0.1) is 0 Å². The summed E-state index contributed by atoms with van der Waals surface area (Å²) in [7, 11) is 1.61. The van der Waals surface area contributed by atoms with Gasteiger partial charge < -0.3 is 23.9 Å². The van der Waals surface area contributed by atoms with Crippen LogP contribution in [0.5, 0.6) is 5.75 Å². The Morgan fingerprint density at radius 2 is 1.85 bits per heavy atom. The Morgan fingerprint density at radius 3 is 2.41 bits per heavy atom. The highest BCUT2D eigenvalue weighted by molar-refractivity contribution is 6.46. The summed E-state index contributed by atoms with van der Waals surface area (Å²) in [6.07, 6.45) is 0.632. The first-order valence-corrected chi connectivity index (χ1v) is 11.7. The quantitative estimate of drug-likeness (QED) is 0.233. The topological polar surface area (TPSA) is 89.2 Å². The number of Topliss-reactive ketones (excluding diaryl/α,β-unsaturated/α-hetero) is 1. The van der Waals surface area contributed by atoms with Gasteiger partial charge in [0.25, 0.3) is 11.7 Å². The van der Waals surface area contributed by atoms with Gasteiger partial charge in [0.2, 0.25) is 0 Å². The van der Waals surface area contributed by atoms with Gasteiger partial charge in [0, 0.05) is 18.7 Å². The number of carbonyl (C=O) groups is 2. The van der Waals surface area contributed by atoms with Gasteiger partial charge >= 0.3 is 0 Å². The smallest absolute Gasteiger partial charge is 0.295 e. The number of hydrogen-bond donors (Lipinski definition) is 1. The van der Waals surface area contributed by atoms with Gasteiger partial charge in [0.05, 0.1) is 18.8 Å². The Labute approximate surface area is 201 Å². The van der Waals surface area contributed by atoms with E-state index in [4.69, 9.17) is 13.9 Å². The molecule has 1 N–H and O–H groups in total. The van der Waals surface area contributed by atoms with Crippen molar-refractivity contribution in [1.29, 1.82) is 0 Å². The average molecular weight is 470 g/mol. The number of rotatable bonds is 9. The average Bonchev–Trinajstić information content (AvgIpc) is 3.31. The third-order valence-electron chi connectivity index (χ3n) is 6.02. The number of furan rings is 1. The van der Waals surface area contributed by atoms with Crippen molar-refractivity contribution in [2.75, 3.05) is 20.3 Å². The normalized spacial score (nSPS) is 17.9. The number of nitrogens with zero attached hydrogens (tertiary/aromatic N) is 1. The molecule has 1 aliphatic rings. The van der Waals surface area contributed by atoms with E-state index in [1.54, 1.807) is 26.2 Å². The molecule has 0 spiro atoms. The van der Waals surface area contributed by atoms with E-state index in [1.807, 2.05) is 46.8 Å². The standard InChI is InChI=1S/C27H35NO6/c1-15(2)19-14-20(17(5)13-22(19)32-7)25(29)23-24(21-10-9-18(6)34-21)28(27(31)26(23)30)11-8-12-33-16(3)4/h9-10,13-16,24,29H,8,11-12H2,1-7H3/b25-23+. The van der Waals surface area contributed by atoms with E-state index in [9.17, 15) is 14.7 Å². The molecule has 7 heteroatoms. The summed E-state index contributed by atoms with van der Waals surface area (Å²) in [6.45, 7) is 12.3. The summed E-state index contributed by atoms with van der Waals surface area (Å²) in [6, 6.07) is 6.40. The number of benzene rings is 1. The number of hydrogen-bond acceptors (Lipinski definition) is 6. The van der Waals surface area contributed by atoms with Crippen LogP contribution in [0.1, 0.15) is 74.3 Å². The Kier molecular flexibility index (Phi) is 7.87. The molecule has 1 unspecified atom stereocenters. The molecule has 0 saturated carbocycles. The van der Waals surface area contributed by atoms with Crippen LogP contribution in [-0.2, 0) is 14.3 Å².